The Morgan fingerprint density at radius 3 is 2.58 bits per heavy atom. The first-order valence-corrected chi connectivity index (χ1v) is 13.0. The molecule has 3 aromatic carbocycles. The largest absolute Gasteiger partial charge is 0.491 e. The van der Waals surface area contributed by atoms with E-state index in [1.54, 1.807) is 12.1 Å². The molecule has 196 valence electrons. The zero-order chi connectivity index (χ0) is 26.5. The lowest BCUT2D eigenvalue weighted by atomic mass is 10.0. The SMILES string of the molecule is CC(C)Oc1ccc(-c2cc3ccccc3c(C(=O)NCCCN3CC(Oc4cccc(F)c4)C3)n2)cc1. The van der Waals surface area contributed by atoms with E-state index in [9.17, 15) is 9.18 Å². The molecule has 0 atom stereocenters. The zero-order valence-corrected chi connectivity index (χ0v) is 21.7. The number of pyridine rings is 1. The minimum Gasteiger partial charge on any atom is -0.491 e. The summed E-state index contributed by atoms with van der Waals surface area (Å²) in [5, 5.41) is 4.84. The van der Waals surface area contributed by atoms with Gasteiger partial charge < -0.3 is 14.8 Å². The van der Waals surface area contributed by atoms with E-state index in [0.29, 0.717) is 18.0 Å². The summed E-state index contributed by atoms with van der Waals surface area (Å²) in [5.74, 6) is 0.885. The van der Waals surface area contributed by atoms with Crippen molar-refractivity contribution >= 4 is 16.7 Å². The van der Waals surface area contributed by atoms with E-state index in [1.807, 2.05) is 68.4 Å². The summed E-state index contributed by atoms with van der Waals surface area (Å²) in [6, 6.07) is 23.8. The second kappa shape index (κ2) is 11.6. The fraction of sp³-hybridized carbons (Fsp3) is 0.290. The average Bonchev–Trinajstić information content (AvgIpc) is 2.88. The van der Waals surface area contributed by atoms with E-state index in [-0.39, 0.29) is 23.9 Å². The number of amides is 1. The van der Waals surface area contributed by atoms with Gasteiger partial charge in [-0.1, -0.05) is 30.3 Å². The van der Waals surface area contributed by atoms with Crippen LogP contribution >= 0.6 is 0 Å². The predicted octanol–water partition coefficient (Wildman–Crippen LogP) is 5.71. The van der Waals surface area contributed by atoms with E-state index in [0.717, 1.165) is 53.8 Å². The lowest BCUT2D eigenvalue weighted by molar-refractivity contribution is 0.0193. The number of benzene rings is 3. The van der Waals surface area contributed by atoms with Gasteiger partial charge in [0.1, 0.15) is 29.1 Å². The summed E-state index contributed by atoms with van der Waals surface area (Å²) >= 11 is 0. The van der Waals surface area contributed by atoms with E-state index in [2.05, 4.69) is 10.2 Å². The maximum atomic E-state index is 13.3. The highest BCUT2D eigenvalue weighted by atomic mass is 19.1. The number of fused-ring (bicyclic) bond motifs is 1. The van der Waals surface area contributed by atoms with Crippen LogP contribution in [0.15, 0.2) is 78.9 Å². The molecule has 5 rings (SSSR count). The highest BCUT2D eigenvalue weighted by Gasteiger charge is 2.28. The minimum absolute atomic E-state index is 0.0655. The number of aromatic nitrogens is 1. The highest BCUT2D eigenvalue weighted by molar-refractivity contribution is 6.06. The summed E-state index contributed by atoms with van der Waals surface area (Å²) < 4.78 is 24.9. The van der Waals surface area contributed by atoms with Crippen LogP contribution < -0.4 is 14.8 Å². The molecule has 0 spiro atoms. The summed E-state index contributed by atoms with van der Waals surface area (Å²) in [6.45, 7) is 6.97. The molecule has 0 aliphatic carbocycles. The summed E-state index contributed by atoms with van der Waals surface area (Å²) in [5.41, 5.74) is 2.09. The second-order valence-corrected chi connectivity index (χ2v) is 9.83. The fourth-order valence-corrected chi connectivity index (χ4v) is 4.60. The zero-order valence-electron chi connectivity index (χ0n) is 21.7. The van der Waals surface area contributed by atoms with Crippen molar-refractivity contribution in [3.63, 3.8) is 0 Å². The van der Waals surface area contributed by atoms with Gasteiger partial charge in [0, 0.05) is 43.2 Å². The van der Waals surface area contributed by atoms with Gasteiger partial charge in [-0.25, -0.2) is 9.37 Å². The van der Waals surface area contributed by atoms with Gasteiger partial charge in [0.2, 0.25) is 0 Å². The Balaban J connectivity index is 1.17. The number of rotatable bonds is 10. The average molecular weight is 514 g/mol. The molecule has 1 fully saturated rings. The van der Waals surface area contributed by atoms with Gasteiger partial charge in [-0.3, -0.25) is 9.69 Å². The molecule has 1 aliphatic rings. The van der Waals surface area contributed by atoms with Crippen LogP contribution in [-0.2, 0) is 0 Å². The molecule has 0 unspecified atom stereocenters. The Labute approximate surface area is 222 Å². The maximum absolute atomic E-state index is 13.3. The van der Waals surface area contributed by atoms with Gasteiger partial charge in [0.25, 0.3) is 5.91 Å². The molecule has 7 heteroatoms. The summed E-state index contributed by atoms with van der Waals surface area (Å²) in [4.78, 5) is 20.2. The van der Waals surface area contributed by atoms with E-state index < -0.39 is 0 Å². The molecular formula is C31H32FN3O3. The summed E-state index contributed by atoms with van der Waals surface area (Å²) in [7, 11) is 0. The van der Waals surface area contributed by atoms with E-state index in [1.165, 1.54) is 12.1 Å². The van der Waals surface area contributed by atoms with Gasteiger partial charge in [0.15, 0.2) is 0 Å². The third kappa shape index (κ3) is 6.29. The fourth-order valence-electron chi connectivity index (χ4n) is 4.60. The number of likely N-dealkylation sites (tertiary alicyclic amines) is 1. The Hall–Kier alpha value is -3.97. The summed E-state index contributed by atoms with van der Waals surface area (Å²) in [6.07, 6.45) is 0.981. The first-order chi connectivity index (χ1) is 18.4. The van der Waals surface area contributed by atoms with Crippen molar-refractivity contribution in [3.05, 3.63) is 90.4 Å². The molecular weight excluding hydrogens is 481 g/mol. The quantitative estimate of drug-likeness (QED) is 0.275. The third-order valence-corrected chi connectivity index (χ3v) is 6.44. The minimum atomic E-state index is -0.295. The van der Waals surface area contributed by atoms with Gasteiger partial charge in [-0.2, -0.15) is 0 Å². The van der Waals surface area contributed by atoms with Crippen molar-refractivity contribution in [3.8, 4) is 22.8 Å². The number of hydrogen-bond donors (Lipinski definition) is 1. The topological polar surface area (TPSA) is 63.7 Å². The van der Waals surface area contributed by atoms with Crippen molar-refractivity contribution in [2.24, 2.45) is 0 Å². The molecule has 6 nitrogen and oxygen atoms in total. The molecule has 1 aliphatic heterocycles. The first kappa shape index (κ1) is 25.7. The highest BCUT2D eigenvalue weighted by Crippen LogP contribution is 2.27. The molecule has 0 radical (unpaired) electrons. The van der Waals surface area contributed by atoms with E-state index in [4.69, 9.17) is 14.5 Å². The van der Waals surface area contributed by atoms with Crippen LogP contribution in [0, 0.1) is 5.82 Å². The standard InChI is InChI=1S/C31H32FN3O3/c1-21(2)37-25-13-11-22(12-14-25)29-17-23-7-3-4-10-28(23)30(34-29)31(36)33-15-6-16-35-19-27(20-35)38-26-9-5-8-24(32)18-26/h3-5,7-14,17-18,21,27H,6,15-16,19-20H2,1-2H3,(H,33,36). The van der Waals surface area contributed by atoms with Crippen LogP contribution in [0.4, 0.5) is 4.39 Å². The Morgan fingerprint density at radius 2 is 1.82 bits per heavy atom. The van der Waals surface area contributed by atoms with Crippen molar-refractivity contribution < 1.29 is 18.7 Å². The van der Waals surface area contributed by atoms with Crippen LogP contribution in [0.25, 0.3) is 22.0 Å². The van der Waals surface area contributed by atoms with Crippen molar-refractivity contribution in [2.75, 3.05) is 26.2 Å². The molecule has 38 heavy (non-hydrogen) atoms. The van der Waals surface area contributed by atoms with Gasteiger partial charge >= 0.3 is 0 Å². The molecule has 0 saturated carbocycles. The molecule has 1 amide bonds. The van der Waals surface area contributed by atoms with Crippen LogP contribution in [0.5, 0.6) is 11.5 Å². The van der Waals surface area contributed by atoms with Gasteiger partial charge in [-0.15, -0.1) is 0 Å². The number of ether oxygens (including phenoxy) is 2. The molecule has 1 aromatic heterocycles. The molecule has 1 saturated heterocycles. The molecule has 2 heterocycles. The van der Waals surface area contributed by atoms with Crippen LogP contribution in [0.3, 0.4) is 0 Å². The molecule has 0 bridgehead atoms. The van der Waals surface area contributed by atoms with Gasteiger partial charge in [-0.05, 0) is 68.1 Å². The third-order valence-electron chi connectivity index (χ3n) is 6.44. The van der Waals surface area contributed by atoms with Crippen molar-refractivity contribution in [2.45, 2.75) is 32.5 Å². The number of nitrogens with one attached hydrogen (secondary N) is 1. The van der Waals surface area contributed by atoms with E-state index >= 15 is 0 Å². The van der Waals surface area contributed by atoms with Crippen molar-refractivity contribution in [1.29, 1.82) is 0 Å². The number of nitrogens with zero attached hydrogens (tertiary/aromatic N) is 2. The number of carbonyl (C=O) groups excluding carboxylic acids is 1. The Bertz CT molecular complexity index is 1400. The molecule has 1 N–H and O–H groups in total. The predicted molar refractivity (Wildman–Crippen MR) is 147 cm³/mol. The number of halogens is 1. The molecule has 4 aromatic rings. The normalized spacial score (nSPS) is 13.9. The monoisotopic (exact) mass is 513 g/mol. The second-order valence-electron chi connectivity index (χ2n) is 9.83. The Morgan fingerprint density at radius 1 is 1.03 bits per heavy atom. The smallest absolute Gasteiger partial charge is 0.270 e. The van der Waals surface area contributed by atoms with Crippen molar-refractivity contribution in [1.82, 2.24) is 15.2 Å². The van der Waals surface area contributed by atoms with Crippen LogP contribution in [-0.4, -0.2) is 54.2 Å². The number of carbonyl (C=O) groups is 1. The van der Waals surface area contributed by atoms with Gasteiger partial charge in [0.05, 0.1) is 11.8 Å². The van der Waals surface area contributed by atoms with Crippen LogP contribution in [0.1, 0.15) is 30.8 Å². The lowest BCUT2D eigenvalue weighted by Crippen LogP contribution is -2.54. The lowest BCUT2D eigenvalue weighted by Gasteiger charge is -2.39. The maximum Gasteiger partial charge on any atom is 0.270 e. The number of hydrogen-bond acceptors (Lipinski definition) is 5. The first-order valence-electron chi connectivity index (χ1n) is 13.0. The van der Waals surface area contributed by atoms with Crippen LogP contribution in [0.2, 0.25) is 0 Å². The Kier molecular flexibility index (Phi) is 7.84.